The van der Waals surface area contributed by atoms with Crippen LogP contribution in [0.15, 0.2) is 59.2 Å². The fourth-order valence-electron chi connectivity index (χ4n) is 3.79. The number of benzene rings is 1. The molecule has 0 aliphatic carbocycles. The average molecular weight is 426 g/mol. The molecule has 1 fully saturated rings. The largest absolute Gasteiger partial charge is 0.384 e. The van der Waals surface area contributed by atoms with Crippen LogP contribution in [0.1, 0.15) is 18.1 Å². The molecule has 3 heterocycles. The molecule has 0 saturated carbocycles. The van der Waals surface area contributed by atoms with Gasteiger partial charge in [-0.25, -0.2) is 9.97 Å². The van der Waals surface area contributed by atoms with Crippen LogP contribution in [0.5, 0.6) is 0 Å². The summed E-state index contributed by atoms with van der Waals surface area (Å²) < 4.78 is 0. The Hall–Kier alpha value is -3.43. The predicted octanol–water partition coefficient (Wildman–Crippen LogP) is 1.37. The molecule has 2 aliphatic rings. The highest BCUT2D eigenvalue weighted by Gasteiger charge is 2.51. The van der Waals surface area contributed by atoms with Gasteiger partial charge < -0.3 is 21.7 Å². The highest BCUT2D eigenvalue weighted by Crippen LogP contribution is 2.39. The number of nitrogen functional groups attached to an aromatic ring is 1. The number of fused-ring (bicyclic) bond motifs is 2. The molecule has 1 spiro atoms. The summed E-state index contributed by atoms with van der Waals surface area (Å²) in [6.07, 6.45) is 3.52. The Kier molecular flexibility index (Phi) is 5.15. The fourth-order valence-corrected chi connectivity index (χ4v) is 4.13. The first kappa shape index (κ1) is 19.9. The molecule has 1 atom stereocenters. The van der Waals surface area contributed by atoms with Gasteiger partial charge in [-0.05, 0) is 18.6 Å². The van der Waals surface area contributed by atoms with Gasteiger partial charge in [-0.2, -0.15) is 0 Å². The summed E-state index contributed by atoms with van der Waals surface area (Å²) in [4.78, 5) is 34.3. The van der Waals surface area contributed by atoms with Gasteiger partial charge in [0, 0.05) is 30.4 Å². The van der Waals surface area contributed by atoms with Crippen LogP contribution in [-0.2, 0) is 21.8 Å². The lowest BCUT2D eigenvalue weighted by atomic mass is 9.90. The fraction of sp³-hybridized carbons (Fsp3) is 0.200. The zero-order valence-electron chi connectivity index (χ0n) is 16.1. The van der Waals surface area contributed by atoms with E-state index in [1.54, 1.807) is 19.1 Å². The van der Waals surface area contributed by atoms with Crippen LogP contribution in [-0.4, -0.2) is 33.7 Å². The average Bonchev–Trinajstić information content (AvgIpc) is 3.00. The van der Waals surface area contributed by atoms with E-state index in [0.29, 0.717) is 36.8 Å². The highest BCUT2D eigenvalue weighted by atomic mass is 35.5. The highest BCUT2D eigenvalue weighted by molar-refractivity contribution is 6.33. The summed E-state index contributed by atoms with van der Waals surface area (Å²) in [6.45, 7) is 2.77. The number of hydrogen-bond acceptors (Lipinski definition) is 7. The summed E-state index contributed by atoms with van der Waals surface area (Å²) in [5, 5.41) is 9.36. The van der Waals surface area contributed by atoms with Crippen molar-refractivity contribution in [2.45, 2.75) is 19.1 Å². The molecule has 0 radical (unpaired) electrons. The van der Waals surface area contributed by atoms with Gasteiger partial charge in [-0.1, -0.05) is 35.9 Å². The maximum atomic E-state index is 12.9. The van der Waals surface area contributed by atoms with Crippen molar-refractivity contribution in [2.24, 2.45) is 0 Å². The number of rotatable bonds is 4. The van der Waals surface area contributed by atoms with Crippen LogP contribution in [0.3, 0.4) is 0 Å². The van der Waals surface area contributed by atoms with Crippen LogP contribution in [0.4, 0.5) is 11.6 Å². The Bertz CT molecular complexity index is 1080. The molecule has 154 valence electrons. The third-order valence-corrected chi connectivity index (χ3v) is 5.32. The minimum Gasteiger partial charge on any atom is -0.384 e. The normalized spacial score (nSPS) is 22.5. The molecule has 30 heavy (non-hydrogen) atoms. The van der Waals surface area contributed by atoms with E-state index in [-0.39, 0.29) is 10.7 Å². The van der Waals surface area contributed by atoms with Gasteiger partial charge in [0.05, 0.1) is 5.03 Å². The van der Waals surface area contributed by atoms with Gasteiger partial charge in [-0.15, -0.1) is 0 Å². The number of hydrogen-bond donors (Lipinski definition) is 4. The topological polar surface area (TPSA) is 125 Å². The molecule has 2 aromatic rings. The van der Waals surface area contributed by atoms with Crippen LogP contribution >= 0.6 is 11.6 Å². The van der Waals surface area contributed by atoms with Gasteiger partial charge in [0.15, 0.2) is 5.66 Å². The molecule has 2 amide bonds. The SMILES string of the molecule is C/C(=C\C(Cl)=C1\C(=O)NC2(CNCc3ccccc32)N1C=O)Nc1cc(N)ncn1. The molecular formula is C20H20ClN7O2. The number of aromatic nitrogens is 2. The number of nitrogens with one attached hydrogen (secondary N) is 3. The maximum Gasteiger partial charge on any atom is 0.271 e. The molecule has 1 unspecified atom stereocenters. The second-order valence-electron chi connectivity index (χ2n) is 7.03. The van der Waals surface area contributed by atoms with Gasteiger partial charge in [0.2, 0.25) is 6.41 Å². The Balaban J connectivity index is 1.71. The second-order valence-corrected chi connectivity index (χ2v) is 7.43. The standard InChI is InChI=1S/C20H20ClN7O2/c1-12(26-17-7-16(22)24-10-25-17)6-15(21)18-19(30)27-20(28(18)11-29)9-23-8-13-4-2-3-5-14(13)20/h2-7,10-11,23H,8-9H2,1H3,(H,27,30)(H3,22,24,25,26)/b12-6+,18-15+. The van der Waals surface area contributed by atoms with E-state index in [0.717, 1.165) is 11.1 Å². The first-order chi connectivity index (χ1) is 14.4. The molecule has 1 aromatic carbocycles. The van der Waals surface area contributed by atoms with Crippen LogP contribution in [0.2, 0.25) is 0 Å². The zero-order valence-corrected chi connectivity index (χ0v) is 16.9. The Morgan fingerprint density at radius 3 is 2.93 bits per heavy atom. The van der Waals surface area contributed by atoms with E-state index in [2.05, 4.69) is 25.9 Å². The van der Waals surface area contributed by atoms with Gasteiger partial charge >= 0.3 is 0 Å². The van der Waals surface area contributed by atoms with E-state index in [1.807, 2.05) is 24.3 Å². The van der Waals surface area contributed by atoms with E-state index < -0.39 is 11.6 Å². The third kappa shape index (κ3) is 3.38. The number of carbonyl (C=O) groups excluding carboxylic acids is 2. The van der Waals surface area contributed by atoms with E-state index in [4.69, 9.17) is 17.3 Å². The van der Waals surface area contributed by atoms with Crippen molar-refractivity contribution < 1.29 is 9.59 Å². The molecule has 1 aromatic heterocycles. The summed E-state index contributed by atoms with van der Waals surface area (Å²) in [7, 11) is 0. The number of allylic oxidation sites excluding steroid dienone is 3. The molecule has 5 N–H and O–H groups in total. The summed E-state index contributed by atoms with van der Waals surface area (Å²) in [5.74, 6) is 0.370. The monoisotopic (exact) mass is 425 g/mol. The molecular weight excluding hydrogens is 406 g/mol. The smallest absolute Gasteiger partial charge is 0.271 e. The predicted molar refractivity (Wildman–Crippen MR) is 113 cm³/mol. The van der Waals surface area contributed by atoms with Crippen molar-refractivity contribution in [1.82, 2.24) is 25.5 Å². The quantitative estimate of drug-likeness (QED) is 0.430. The van der Waals surface area contributed by atoms with Crippen LogP contribution < -0.4 is 21.7 Å². The zero-order chi connectivity index (χ0) is 21.3. The number of nitrogens with zero attached hydrogens (tertiary/aromatic N) is 3. The summed E-state index contributed by atoms with van der Waals surface area (Å²) >= 11 is 6.50. The summed E-state index contributed by atoms with van der Waals surface area (Å²) in [5.41, 5.74) is 7.17. The van der Waals surface area contributed by atoms with E-state index in [1.165, 1.54) is 11.2 Å². The van der Waals surface area contributed by atoms with Gasteiger partial charge in [0.1, 0.15) is 23.7 Å². The second kappa shape index (κ2) is 7.77. The minimum atomic E-state index is -1.03. The molecule has 10 heteroatoms. The lowest BCUT2D eigenvalue weighted by Crippen LogP contribution is -2.57. The first-order valence-corrected chi connectivity index (χ1v) is 9.61. The molecule has 4 rings (SSSR count). The lowest BCUT2D eigenvalue weighted by Gasteiger charge is -2.40. The number of carbonyl (C=O) groups is 2. The van der Waals surface area contributed by atoms with Crippen LogP contribution in [0, 0.1) is 0 Å². The Labute approximate surface area is 178 Å². The van der Waals surface area contributed by atoms with Crippen molar-refractivity contribution >= 4 is 35.6 Å². The van der Waals surface area contributed by atoms with E-state index in [9.17, 15) is 9.59 Å². The van der Waals surface area contributed by atoms with Crippen molar-refractivity contribution in [1.29, 1.82) is 0 Å². The number of amides is 2. The van der Waals surface area contributed by atoms with Gasteiger partial charge in [-0.3, -0.25) is 14.5 Å². The maximum absolute atomic E-state index is 12.9. The molecule has 9 nitrogen and oxygen atoms in total. The first-order valence-electron chi connectivity index (χ1n) is 9.23. The third-order valence-electron chi connectivity index (χ3n) is 5.04. The van der Waals surface area contributed by atoms with Crippen molar-refractivity contribution in [3.63, 3.8) is 0 Å². The van der Waals surface area contributed by atoms with Crippen molar-refractivity contribution in [3.8, 4) is 0 Å². The van der Waals surface area contributed by atoms with Crippen molar-refractivity contribution in [2.75, 3.05) is 17.6 Å². The van der Waals surface area contributed by atoms with Crippen molar-refractivity contribution in [3.05, 3.63) is 70.3 Å². The Morgan fingerprint density at radius 1 is 1.37 bits per heavy atom. The molecule has 2 aliphatic heterocycles. The minimum absolute atomic E-state index is 0.0773. The lowest BCUT2D eigenvalue weighted by molar-refractivity contribution is -0.121. The number of anilines is 2. The summed E-state index contributed by atoms with van der Waals surface area (Å²) in [6, 6.07) is 9.24. The Morgan fingerprint density at radius 2 is 2.17 bits per heavy atom. The molecule has 0 bridgehead atoms. The van der Waals surface area contributed by atoms with Crippen LogP contribution in [0.25, 0.3) is 0 Å². The van der Waals surface area contributed by atoms with Gasteiger partial charge in [0.25, 0.3) is 5.91 Å². The number of halogens is 1. The van der Waals surface area contributed by atoms with E-state index >= 15 is 0 Å². The number of nitrogens with two attached hydrogens (primary N) is 1. The molecule has 1 saturated heterocycles.